The second-order valence-electron chi connectivity index (χ2n) is 4.54. The lowest BCUT2D eigenvalue weighted by molar-refractivity contribution is -0.130. The van der Waals surface area contributed by atoms with E-state index in [-0.39, 0.29) is 12.5 Å². The Morgan fingerprint density at radius 2 is 2.12 bits per heavy atom. The number of methoxy groups -OCH3 is 1. The van der Waals surface area contributed by atoms with Gasteiger partial charge in [-0.2, -0.15) is 0 Å². The van der Waals surface area contributed by atoms with Crippen LogP contribution in [0.5, 0.6) is 0 Å². The van der Waals surface area contributed by atoms with Crippen LogP contribution in [0, 0.1) is 5.92 Å². The number of ether oxygens (including phenoxy) is 1. The summed E-state index contributed by atoms with van der Waals surface area (Å²) in [6, 6.07) is 0. The van der Waals surface area contributed by atoms with Crippen LogP contribution in [0.4, 0.5) is 0 Å². The van der Waals surface area contributed by atoms with Crippen molar-refractivity contribution in [2.45, 2.75) is 44.6 Å². The van der Waals surface area contributed by atoms with Crippen LogP contribution in [0.15, 0.2) is 0 Å². The van der Waals surface area contributed by atoms with E-state index in [1.54, 1.807) is 0 Å². The van der Waals surface area contributed by atoms with Crippen LogP contribution in [-0.2, 0) is 9.53 Å². The van der Waals surface area contributed by atoms with E-state index in [9.17, 15) is 4.79 Å². The minimum atomic E-state index is -0.494. The van der Waals surface area contributed by atoms with Gasteiger partial charge in [0.2, 0.25) is 5.91 Å². The van der Waals surface area contributed by atoms with E-state index in [1.807, 2.05) is 0 Å². The first-order chi connectivity index (χ1) is 7.77. The highest BCUT2D eigenvalue weighted by Crippen LogP contribution is 2.25. The smallest absolute Gasteiger partial charge is 0.250 e. The van der Waals surface area contributed by atoms with Crippen molar-refractivity contribution in [3.63, 3.8) is 0 Å². The first kappa shape index (κ1) is 13.5. The number of carbonyl (C=O) groups is 1. The molecule has 1 saturated carbocycles. The first-order valence-corrected chi connectivity index (χ1v) is 6.28. The molecule has 1 fully saturated rings. The van der Waals surface area contributed by atoms with E-state index in [4.69, 9.17) is 10.5 Å². The molecule has 0 radical (unpaired) electrons. The predicted octanol–water partition coefficient (Wildman–Crippen LogP) is 1.05. The first-order valence-electron chi connectivity index (χ1n) is 6.28. The molecule has 0 saturated heterocycles. The van der Waals surface area contributed by atoms with E-state index in [1.165, 1.54) is 39.2 Å². The summed E-state index contributed by atoms with van der Waals surface area (Å²) < 4.78 is 4.97. The van der Waals surface area contributed by atoms with Crippen molar-refractivity contribution >= 4 is 5.91 Å². The minimum absolute atomic E-state index is 0.0826. The molecule has 0 spiro atoms. The normalized spacial score (nSPS) is 19.4. The average Bonchev–Trinajstić information content (AvgIpc) is 2.32. The highest BCUT2D eigenvalue weighted by atomic mass is 16.5. The Morgan fingerprint density at radius 1 is 1.44 bits per heavy atom. The van der Waals surface area contributed by atoms with Gasteiger partial charge in [-0.1, -0.05) is 32.1 Å². The Balaban J connectivity index is 2.11. The number of rotatable bonds is 6. The zero-order valence-electron chi connectivity index (χ0n) is 10.2. The average molecular weight is 228 g/mol. The molecule has 0 aromatic rings. The summed E-state index contributed by atoms with van der Waals surface area (Å²) in [4.78, 5) is 11.5. The molecule has 1 rings (SSSR count). The Morgan fingerprint density at radius 3 is 2.69 bits per heavy atom. The summed E-state index contributed by atoms with van der Waals surface area (Å²) in [5, 5.41) is 2.89. The quantitative estimate of drug-likeness (QED) is 0.714. The maximum absolute atomic E-state index is 11.5. The SMILES string of the molecule is COC(CN)C(=O)NCCC1CCCCC1. The van der Waals surface area contributed by atoms with Crippen molar-refractivity contribution in [3.8, 4) is 0 Å². The topological polar surface area (TPSA) is 64.3 Å². The summed E-state index contributed by atoms with van der Waals surface area (Å²) in [6.07, 6.45) is 7.31. The molecule has 1 unspecified atom stereocenters. The fraction of sp³-hybridized carbons (Fsp3) is 0.917. The Hall–Kier alpha value is -0.610. The van der Waals surface area contributed by atoms with Gasteiger partial charge < -0.3 is 15.8 Å². The molecule has 0 aromatic carbocycles. The molecular weight excluding hydrogens is 204 g/mol. The maximum Gasteiger partial charge on any atom is 0.250 e. The summed E-state index contributed by atoms with van der Waals surface area (Å²) in [7, 11) is 1.51. The highest BCUT2D eigenvalue weighted by molar-refractivity contribution is 5.80. The van der Waals surface area contributed by atoms with E-state index in [2.05, 4.69) is 5.32 Å². The molecule has 0 bridgehead atoms. The third kappa shape index (κ3) is 4.49. The second kappa shape index (κ2) is 7.63. The lowest BCUT2D eigenvalue weighted by atomic mass is 9.87. The van der Waals surface area contributed by atoms with Crippen LogP contribution >= 0.6 is 0 Å². The lowest BCUT2D eigenvalue weighted by Gasteiger charge is -2.22. The summed E-state index contributed by atoms with van der Waals surface area (Å²) in [5.74, 6) is 0.716. The number of carbonyl (C=O) groups excluding carboxylic acids is 1. The van der Waals surface area contributed by atoms with Gasteiger partial charge in [-0.05, 0) is 12.3 Å². The number of amides is 1. The Kier molecular flexibility index (Phi) is 6.42. The molecule has 4 nitrogen and oxygen atoms in total. The fourth-order valence-electron chi connectivity index (χ4n) is 2.30. The second-order valence-corrected chi connectivity index (χ2v) is 4.54. The fourth-order valence-corrected chi connectivity index (χ4v) is 2.30. The van der Waals surface area contributed by atoms with Gasteiger partial charge in [-0.3, -0.25) is 4.79 Å². The van der Waals surface area contributed by atoms with Gasteiger partial charge in [-0.15, -0.1) is 0 Å². The minimum Gasteiger partial charge on any atom is -0.370 e. The van der Waals surface area contributed by atoms with Crippen LogP contribution in [0.3, 0.4) is 0 Å². The summed E-state index contributed by atoms with van der Waals surface area (Å²) >= 11 is 0. The Bertz CT molecular complexity index is 199. The molecule has 94 valence electrons. The molecule has 1 aliphatic rings. The largest absolute Gasteiger partial charge is 0.370 e. The van der Waals surface area contributed by atoms with E-state index >= 15 is 0 Å². The van der Waals surface area contributed by atoms with E-state index in [0.717, 1.165) is 18.9 Å². The third-order valence-electron chi connectivity index (χ3n) is 3.37. The van der Waals surface area contributed by atoms with Crippen LogP contribution in [0.25, 0.3) is 0 Å². The van der Waals surface area contributed by atoms with Crippen molar-refractivity contribution in [1.29, 1.82) is 0 Å². The van der Waals surface area contributed by atoms with Gasteiger partial charge in [0, 0.05) is 20.2 Å². The monoisotopic (exact) mass is 228 g/mol. The predicted molar refractivity (Wildman–Crippen MR) is 64.1 cm³/mol. The number of hydrogen-bond donors (Lipinski definition) is 2. The molecule has 0 heterocycles. The molecule has 1 atom stereocenters. The van der Waals surface area contributed by atoms with Crippen LogP contribution in [0.2, 0.25) is 0 Å². The van der Waals surface area contributed by atoms with Gasteiger partial charge in [0.15, 0.2) is 0 Å². The van der Waals surface area contributed by atoms with Gasteiger partial charge in [-0.25, -0.2) is 0 Å². The van der Waals surface area contributed by atoms with Gasteiger partial charge in [0.25, 0.3) is 0 Å². The highest BCUT2D eigenvalue weighted by Gasteiger charge is 2.17. The summed E-state index contributed by atoms with van der Waals surface area (Å²) in [5.41, 5.74) is 5.41. The molecule has 1 aliphatic carbocycles. The standard InChI is InChI=1S/C12H24N2O2/c1-16-11(9-13)12(15)14-8-7-10-5-3-2-4-6-10/h10-11H,2-9,13H2,1H3,(H,14,15). The maximum atomic E-state index is 11.5. The van der Waals surface area contributed by atoms with Crippen molar-refractivity contribution in [2.24, 2.45) is 11.7 Å². The lowest BCUT2D eigenvalue weighted by Crippen LogP contribution is -2.41. The molecule has 0 aliphatic heterocycles. The van der Waals surface area contributed by atoms with Gasteiger partial charge >= 0.3 is 0 Å². The zero-order valence-corrected chi connectivity index (χ0v) is 10.2. The zero-order chi connectivity index (χ0) is 11.8. The van der Waals surface area contributed by atoms with Crippen LogP contribution in [0.1, 0.15) is 38.5 Å². The van der Waals surface area contributed by atoms with Crippen molar-refractivity contribution in [1.82, 2.24) is 5.32 Å². The van der Waals surface area contributed by atoms with Crippen LogP contribution < -0.4 is 11.1 Å². The number of hydrogen-bond acceptors (Lipinski definition) is 3. The molecule has 4 heteroatoms. The van der Waals surface area contributed by atoms with E-state index < -0.39 is 6.10 Å². The van der Waals surface area contributed by atoms with Crippen LogP contribution in [-0.4, -0.2) is 32.2 Å². The van der Waals surface area contributed by atoms with E-state index in [0.29, 0.717) is 0 Å². The number of nitrogens with one attached hydrogen (secondary N) is 1. The van der Waals surface area contributed by atoms with Crippen molar-refractivity contribution in [3.05, 3.63) is 0 Å². The van der Waals surface area contributed by atoms with Gasteiger partial charge in [0.05, 0.1) is 0 Å². The summed E-state index contributed by atoms with van der Waals surface area (Å²) in [6.45, 7) is 0.995. The molecule has 3 N–H and O–H groups in total. The Labute approximate surface area is 97.9 Å². The molecule has 0 aromatic heterocycles. The molecule has 16 heavy (non-hydrogen) atoms. The van der Waals surface area contributed by atoms with Crippen molar-refractivity contribution < 1.29 is 9.53 Å². The third-order valence-corrected chi connectivity index (χ3v) is 3.37. The van der Waals surface area contributed by atoms with Crippen molar-refractivity contribution in [2.75, 3.05) is 20.2 Å². The molecular formula is C12H24N2O2. The molecule has 1 amide bonds. The van der Waals surface area contributed by atoms with Gasteiger partial charge in [0.1, 0.15) is 6.10 Å². The number of nitrogens with two attached hydrogens (primary N) is 1.